The van der Waals surface area contributed by atoms with Crippen molar-refractivity contribution in [1.29, 1.82) is 0 Å². The van der Waals surface area contributed by atoms with E-state index in [-0.39, 0.29) is 0 Å². The molecule has 0 aliphatic rings. The van der Waals surface area contributed by atoms with Gasteiger partial charge in [0.25, 0.3) is 0 Å². The summed E-state index contributed by atoms with van der Waals surface area (Å²) in [5, 5.41) is 9.27. The van der Waals surface area contributed by atoms with Gasteiger partial charge in [-0.2, -0.15) is 0 Å². The van der Waals surface area contributed by atoms with Crippen LogP contribution >= 0.6 is 0 Å². The van der Waals surface area contributed by atoms with Crippen LogP contribution in [0.25, 0.3) is 0 Å². The van der Waals surface area contributed by atoms with Crippen molar-refractivity contribution in [3.63, 3.8) is 0 Å². The van der Waals surface area contributed by atoms with Gasteiger partial charge in [-0.1, -0.05) is 68.7 Å². The molecule has 0 spiro atoms. The van der Waals surface area contributed by atoms with Crippen molar-refractivity contribution in [1.82, 2.24) is 0 Å². The minimum atomic E-state index is -0.457. The van der Waals surface area contributed by atoms with E-state index in [1.54, 1.807) is 13.0 Å². The molecule has 1 aromatic carbocycles. The van der Waals surface area contributed by atoms with Gasteiger partial charge in [-0.15, -0.1) is 0 Å². The molecule has 1 N–H and O–H groups in total. The predicted molar refractivity (Wildman–Crippen MR) is 105 cm³/mol. The summed E-state index contributed by atoms with van der Waals surface area (Å²) < 4.78 is 0. The second-order valence-electron chi connectivity index (χ2n) is 5.82. The molecule has 1 nitrogen and oxygen atoms in total. The van der Waals surface area contributed by atoms with Gasteiger partial charge in [-0.25, -0.2) is 0 Å². The topological polar surface area (TPSA) is 20.2 Å². The van der Waals surface area contributed by atoms with Crippen molar-refractivity contribution in [2.24, 2.45) is 0 Å². The first-order chi connectivity index (χ1) is 11.5. The highest BCUT2D eigenvalue weighted by Gasteiger charge is 1.94. The molecule has 0 aliphatic heterocycles. The minimum Gasteiger partial charge on any atom is -0.389 e. The third-order valence-corrected chi connectivity index (χ3v) is 3.73. The van der Waals surface area contributed by atoms with E-state index in [9.17, 15) is 5.11 Å². The lowest BCUT2D eigenvalue weighted by atomic mass is 10.1. The minimum absolute atomic E-state index is 0.457. The third kappa shape index (κ3) is 7.31. The molecular weight excluding hydrogens is 292 g/mol. The Morgan fingerprint density at radius 3 is 2.42 bits per heavy atom. The van der Waals surface area contributed by atoms with Gasteiger partial charge < -0.3 is 5.11 Å². The van der Waals surface area contributed by atoms with E-state index in [0.29, 0.717) is 0 Å². The highest BCUT2D eigenvalue weighted by molar-refractivity contribution is 5.44. The number of allylic oxidation sites excluding steroid dienone is 6. The third-order valence-electron chi connectivity index (χ3n) is 3.73. The highest BCUT2D eigenvalue weighted by atomic mass is 16.3. The van der Waals surface area contributed by atoms with E-state index in [1.807, 2.05) is 25.2 Å². The van der Waals surface area contributed by atoms with Gasteiger partial charge in [-0.3, -0.25) is 0 Å². The molecule has 0 saturated carbocycles. The molecule has 0 amide bonds. The summed E-state index contributed by atoms with van der Waals surface area (Å²) in [6, 6.07) is 8.40. The van der Waals surface area contributed by atoms with Crippen LogP contribution in [0.15, 0.2) is 71.9 Å². The molecule has 0 radical (unpaired) electrons. The Morgan fingerprint density at radius 1 is 1.21 bits per heavy atom. The SMILES string of the molecule is C=C(/C=C\C(C)O)/C(C)=C/C=C(/C#Cc1ccc(CC)cc1)CC. The standard InChI is InChI=1S/C23H28O/c1-6-21(11-9-19(4)18(3)8-10-20(5)24)12-15-23-16-13-22(7-2)14-17-23/h8-11,13-14,16-17,20,24H,3,6-7H2,1-2,4-5H3/b10-8-,19-9+,21-11+. The zero-order valence-electron chi connectivity index (χ0n) is 15.3. The maximum absolute atomic E-state index is 9.27. The van der Waals surface area contributed by atoms with Gasteiger partial charge in [0.2, 0.25) is 0 Å². The number of benzene rings is 1. The van der Waals surface area contributed by atoms with Crippen LogP contribution in [0.4, 0.5) is 0 Å². The first kappa shape index (κ1) is 19.7. The van der Waals surface area contributed by atoms with Crippen LogP contribution in [-0.2, 0) is 6.42 Å². The summed E-state index contributed by atoms with van der Waals surface area (Å²) in [5.41, 5.74) is 5.41. The Labute approximate surface area is 147 Å². The average Bonchev–Trinajstić information content (AvgIpc) is 2.59. The van der Waals surface area contributed by atoms with E-state index >= 15 is 0 Å². The maximum atomic E-state index is 9.27. The van der Waals surface area contributed by atoms with Gasteiger partial charge in [0, 0.05) is 11.1 Å². The van der Waals surface area contributed by atoms with Crippen molar-refractivity contribution in [2.45, 2.75) is 46.6 Å². The summed E-state index contributed by atoms with van der Waals surface area (Å²) >= 11 is 0. The smallest absolute Gasteiger partial charge is 0.0696 e. The number of aliphatic hydroxyl groups excluding tert-OH is 1. The Bertz CT molecular complexity index is 686. The highest BCUT2D eigenvalue weighted by Crippen LogP contribution is 2.11. The van der Waals surface area contributed by atoms with Crippen LogP contribution < -0.4 is 0 Å². The molecule has 0 bridgehead atoms. The van der Waals surface area contributed by atoms with Crippen molar-refractivity contribution in [3.8, 4) is 11.8 Å². The van der Waals surface area contributed by atoms with Gasteiger partial charge >= 0.3 is 0 Å². The number of rotatable bonds is 6. The Morgan fingerprint density at radius 2 is 1.88 bits per heavy atom. The van der Waals surface area contributed by atoms with E-state index in [0.717, 1.165) is 35.1 Å². The number of hydrogen-bond acceptors (Lipinski definition) is 1. The van der Waals surface area contributed by atoms with E-state index in [2.05, 4.69) is 56.5 Å². The first-order valence-corrected chi connectivity index (χ1v) is 8.50. The molecule has 126 valence electrons. The van der Waals surface area contributed by atoms with Gasteiger partial charge in [0.05, 0.1) is 6.10 Å². The Kier molecular flexibility index (Phi) is 8.61. The Balaban J connectivity index is 2.85. The summed E-state index contributed by atoms with van der Waals surface area (Å²) in [6.07, 6.45) is 9.12. The van der Waals surface area contributed by atoms with Crippen molar-refractivity contribution < 1.29 is 5.11 Å². The molecule has 1 atom stereocenters. The maximum Gasteiger partial charge on any atom is 0.0696 e. The lowest BCUT2D eigenvalue weighted by Crippen LogP contribution is -1.92. The van der Waals surface area contributed by atoms with Crippen LogP contribution in [0.2, 0.25) is 0 Å². The summed E-state index contributed by atoms with van der Waals surface area (Å²) in [5.74, 6) is 6.47. The molecule has 0 heterocycles. The second-order valence-corrected chi connectivity index (χ2v) is 5.82. The van der Waals surface area contributed by atoms with Crippen LogP contribution in [-0.4, -0.2) is 11.2 Å². The molecule has 24 heavy (non-hydrogen) atoms. The molecule has 0 aliphatic carbocycles. The normalized spacial score (nSPS) is 13.5. The molecule has 0 saturated heterocycles. The first-order valence-electron chi connectivity index (χ1n) is 8.50. The molecule has 1 unspecified atom stereocenters. The number of hydrogen-bond donors (Lipinski definition) is 1. The van der Waals surface area contributed by atoms with Crippen LogP contribution in [0.5, 0.6) is 0 Å². The largest absolute Gasteiger partial charge is 0.389 e. The fraction of sp³-hybridized carbons (Fsp3) is 0.304. The lowest BCUT2D eigenvalue weighted by molar-refractivity contribution is 0.244. The zero-order chi connectivity index (χ0) is 17.9. The number of aliphatic hydroxyl groups is 1. The quantitative estimate of drug-likeness (QED) is 0.551. The van der Waals surface area contributed by atoms with Crippen LogP contribution in [0, 0.1) is 11.8 Å². The van der Waals surface area contributed by atoms with Crippen LogP contribution in [0.1, 0.15) is 45.2 Å². The van der Waals surface area contributed by atoms with Crippen molar-refractivity contribution in [3.05, 3.63) is 83.0 Å². The van der Waals surface area contributed by atoms with Gasteiger partial charge in [-0.05, 0) is 55.5 Å². The summed E-state index contributed by atoms with van der Waals surface area (Å²) in [6.45, 7) is 12.0. The number of aryl methyl sites for hydroxylation is 1. The fourth-order valence-electron chi connectivity index (χ4n) is 1.94. The zero-order valence-corrected chi connectivity index (χ0v) is 15.3. The van der Waals surface area contributed by atoms with E-state index in [4.69, 9.17) is 0 Å². The molecule has 1 heteroatoms. The Hall–Kier alpha value is -2.30. The fourth-order valence-corrected chi connectivity index (χ4v) is 1.94. The van der Waals surface area contributed by atoms with Crippen molar-refractivity contribution in [2.75, 3.05) is 0 Å². The summed E-state index contributed by atoms with van der Waals surface area (Å²) in [4.78, 5) is 0. The molecular formula is C23H28O. The second kappa shape index (κ2) is 10.5. The van der Waals surface area contributed by atoms with E-state index < -0.39 is 6.10 Å². The monoisotopic (exact) mass is 320 g/mol. The molecule has 1 rings (SSSR count). The van der Waals surface area contributed by atoms with Gasteiger partial charge in [0.15, 0.2) is 0 Å². The molecule has 0 aromatic heterocycles. The van der Waals surface area contributed by atoms with Crippen LogP contribution in [0.3, 0.4) is 0 Å². The lowest BCUT2D eigenvalue weighted by Gasteiger charge is -2.00. The molecule has 0 fully saturated rings. The average molecular weight is 320 g/mol. The molecule has 1 aromatic rings. The van der Waals surface area contributed by atoms with Gasteiger partial charge in [0.1, 0.15) is 0 Å². The van der Waals surface area contributed by atoms with E-state index in [1.165, 1.54) is 5.56 Å². The van der Waals surface area contributed by atoms with Crippen molar-refractivity contribution >= 4 is 0 Å². The predicted octanol–water partition coefficient (Wildman–Crippen LogP) is 5.38. The summed E-state index contributed by atoms with van der Waals surface area (Å²) in [7, 11) is 0.